The van der Waals surface area contributed by atoms with E-state index in [0.717, 1.165) is 42.3 Å². The number of terminal acetylenes is 1. The van der Waals surface area contributed by atoms with Crippen LogP contribution >= 0.6 is 0 Å². The van der Waals surface area contributed by atoms with Gasteiger partial charge in [0.25, 0.3) is 0 Å². The van der Waals surface area contributed by atoms with E-state index in [1.807, 2.05) is 42.5 Å². The number of likely N-dealkylation sites (tertiary alicyclic amines) is 1. The van der Waals surface area contributed by atoms with E-state index in [0.29, 0.717) is 12.8 Å². The summed E-state index contributed by atoms with van der Waals surface area (Å²) in [7, 11) is 1.64. The number of carbonyl (C=O) groups is 3. The van der Waals surface area contributed by atoms with E-state index in [2.05, 4.69) is 16.9 Å². The monoisotopic (exact) mass is 543 g/mol. The number of rotatable bonds is 11. The first-order chi connectivity index (χ1) is 18.4. The van der Waals surface area contributed by atoms with Crippen molar-refractivity contribution in [2.45, 2.75) is 43.4 Å². The van der Waals surface area contributed by atoms with Crippen molar-refractivity contribution in [2.75, 3.05) is 26.8 Å². The molecule has 1 fully saturated rings. The predicted molar refractivity (Wildman–Crippen MR) is 139 cm³/mol. The second-order valence-corrected chi connectivity index (χ2v) is 9.09. The van der Waals surface area contributed by atoms with Gasteiger partial charge in [-0.3, -0.25) is 14.5 Å². The summed E-state index contributed by atoms with van der Waals surface area (Å²) in [5, 5.41) is 45.0. The summed E-state index contributed by atoms with van der Waals surface area (Å²) in [5.41, 5.74) is -1.59. The normalized spacial score (nSPS) is 14.7. The summed E-state index contributed by atoms with van der Waals surface area (Å²) in [4.78, 5) is 32.8. The number of ether oxygens (including phenoxy) is 2. The van der Waals surface area contributed by atoms with E-state index in [1.165, 1.54) is 0 Å². The SMILES string of the molecule is C#CCOc1ccccc1CN1CCC(O)(c2ccccc2OC)CC1.O=C(O)CC(O)(CC(=O)O)C(=O)O. The van der Waals surface area contributed by atoms with Gasteiger partial charge in [0.05, 0.1) is 25.6 Å². The molecule has 39 heavy (non-hydrogen) atoms. The Balaban J connectivity index is 0.000000349. The van der Waals surface area contributed by atoms with Crippen LogP contribution in [-0.4, -0.2) is 80.7 Å². The average molecular weight is 544 g/mol. The van der Waals surface area contributed by atoms with Crippen LogP contribution < -0.4 is 9.47 Å². The molecule has 0 aliphatic carbocycles. The maximum absolute atomic E-state index is 11.2. The van der Waals surface area contributed by atoms with Crippen LogP contribution in [0.1, 0.15) is 36.8 Å². The van der Waals surface area contributed by atoms with Crippen LogP contribution in [0.2, 0.25) is 0 Å². The van der Waals surface area contributed by atoms with Gasteiger partial charge in [0.1, 0.15) is 18.1 Å². The van der Waals surface area contributed by atoms with E-state index >= 15 is 0 Å². The molecule has 2 aromatic carbocycles. The summed E-state index contributed by atoms with van der Waals surface area (Å²) < 4.78 is 11.1. The standard InChI is InChI=1S/C22H25NO3.C6H8O7/c1-3-16-26-20-10-6-4-8-18(20)17-23-14-12-22(24,13-15-23)19-9-5-7-11-21(19)25-2;7-3(8)1-6(13,5(11)12)2-4(9)10/h1,4-11,24H,12-17H2,2H3;13H,1-2H2,(H,7,8)(H,9,10)(H,11,12). The van der Waals surface area contributed by atoms with Crippen molar-refractivity contribution in [3.8, 4) is 23.8 Å². The number of methoxy groups -OCH3 is 1. The number of piperidine rings is 1. The van der Waals surface area contributed by atoms with Crippen molar-refractivity contribution < 1.29 is 49.4 Å². The van der Waals surface area contributed by atoms with E-state index < -0.39 is 42.0 Å². The Bertz CT molecular complexity index is 1160. The maximum Gasteiger partial charge on any atom is 0.336 e. The first-order valence-corrected chi connectivity index (χ1v) is 12.1. The molecule has 3 rings (SSSR count). The summed E-state index contributed by atoms with van der Waals surface area (Å²) in [5.74, 6) is -0.936. The third-order valence-electron chi connectivity index (χ3n) is 6.25. The van der Waals surface area contributed by atoms with Gasteiger partial charge >= 0.3 is 17.9 Å². The Hall–Kier alpha value is -4.11. The van der Waals surface area contributed by atoms with Crippen LogP contribution in [0.4, 0.5) is 0 Å². The number of aliphatic hydroxyl groups is 2. The Morgan fingerprint density at radius 1 is 0.974 bits per heavy atom. The van der Waals surface area contributed by atoms with E-state index in [1.54, 1.807) is 7.11 Å². The van der Waals surface area contributed by atoms with Gasteiger partial charge in [-0.15, -0.1) is 6.42 Å². The van der Waals surface area contributed by atoms with Gasteiger partial charge in [-0.2, -0.15) is 0 Å². The zero-order valence-electron chi connectivity index (χ0n) is 21.6. The number of carboxylic acid groups (broad SMARTS) is 3. The molecule has 11 heteroatoms. The maximum atomic E-state index is 11.2. The molecule has 0 saturated carbocycles. The third kappa shape index (κ3) is 9.00. The molecule has 0 atom stereocenters. The van der Waals surface area contributed by atoms with Crippen molar-refractivity contribution in [1.29, 1.82) is 0 Å². The highest BCUT2D eigenvalue weighted by Gasteiger charge is 2.41. The zero-order valence-corrected chi connectivity index (χ0v) is 21.6. The van der Waals surface area contributed by atoms with E-state index in [9.17, 15) is 19.5 Å². The third-order valence-corrected chi connectivity index (χ3v) is 6.25. The Morgan fingerprint density at radius 3 is 2.03 bits per heavy atom. The van der Waals surface area contributed by atoms with Gasteiger partial charge in [0.2, 0.25) is 0 Å². The second-order valence-electron chi connectivity index (χ2n) is 9.09. The lowest BCUT2D eigenvalue weighted by Crippen LogP contribution is -2.42. The lowest BCUT2D eigenvalue weighted by atomic mass is 9.83. The van der Waals surface area contributed by atoms with Crippen LogP contribution in [0.5, 0.6) is 11.5 Å². The summed E-state index contributed by atoms with van der Waals surface area (Å²) in [6, 6.07) is 15.7. The minimum absolute atomic E-state index is 0.268. The molecule has 1 heterocycles. The van der Waals surface area contributed by atoms with Gasteiger partial charge < -0.3 is 35.0 Å². The van der Waals surface area contributed by atoms with Gasteiger partial charge in [-0.05, 0) is 25.0 Å². The molecule has 0 bridgehead atoms. The quantitative estimate of drug-likeness (QED) is 0.262. The molecule has 0 unspecified atom stereocenters. The van der Waals surface area contributed by atoms with Crippen molar-refractivity contribution in [2.24, 2.45) is 0 Å². The van der Waals surface area contributed by atoms with Crippen LogP contribution in [0, 0.1) is 12.3 Å². The number of benzene rings is 2. The molecule has 11 nitrogen and oxygen atoms in total. The van der Waals surface area contributed by atoms with Crippen LogP contribution in [0.25, 0.3) is 0 Å². The molecule has 0 amide bonds. The number of nitrogens with zero attached hydrogens (tertiary/aromatic N) is 1. The largest absolute Gasteiger partial charge is 0.496 e. The minimum atomic E-state index is -2.74. The Kier molecular flexibility index (Phi) is 11.3. The number of hydrogen-bond donors (Lipinski definition) is 5. The molecule has 0 radical (unpaired) electrons. The van der Waals surface area contributed by atoms with Crippen molar-refractivity contribution in [1.82, 2.24) is 4.90 Å². The molecular formula is C28H33NO10. The number of hydrogen-bond acceptors (Lipinski definition) is 8. The molecule has 5 N–H and O–H groups in total. The van der Waals surface area contributed by atoms with Gasteiger partial charge in [-0.25, -0.2) is 4.79 Å². The molecule has 0 aromatic heterocycles. The van der Waals surface area contributed by atoms with Gasteiger partial charge in [0, 0.05) is 30.8 Å². The fourth-order valence-electron chi connectivity index (χ4n) is 4.23. The first-order valence-electron chi connectivity index (χ1n) is 12.1. The molecule has 1 aliphatic heterocycles. The van der Waals surface area contributed by atoms with Gasteiger partial charge in [0.15, 0.2) is 5.60 Å². The molecule has 1 aliphatic rings. The van der Waals surface area contributed by atoms with E-state index in [4.69, 9.17) is 36.3 Å². The predicted octanol–water partition coefficient (Wildman–Crippen LogP) is 1.94. The highest BCUT2D eigenvalue weighted by molar-refractivity contribution is 5.88. The molecular weight excluding hydrogens is 510 g/mol. The molecule has 210 valence electrons. The summed E-state index contributed by atoms with van der Waals surface area (Å²) in [6.45, 7) is 2.66. The highest BCUT2D eigenvalue weighted by atomic mass is 16.5. The highest BCUT2D eigenvalue weighted by Crippen LogP contribution is 2.38. The zero-order chi connectivity index (χ0) is 29.1. The van der Waals surface area contributed by atoms with Crippen LogP contribution in [0.15, 0.2) is 48.5 Å². The molecule has 1 saturated heterocycles. The van der Waals surface area contributed by atoms with Crippen LogP contribution in [0.3, 0.4) is 0 Å². The fraction of sp³-hybridized carbons (Fsp3) is 0.393. The van der Waals surface area contributed by atoms with Gasteiger partial charge in [-0.1, -0.05) is 42.3 Å². The smallest absolute Gasteiger partial charge is 0.336 e. The second kappa shape index (κ2) is 14.2. The molecule has 2 aromatic rings. The minimum Gasteiger partial charge on any atom is -0.496 e. The Morgan fingerprint density at radius 2 is 1.51 bits per heavy atom. The first kappa shape index (κ1) is 31.1. The summed E-state index contributed by atoms with van der Waals surface area (Å²) in [6.07, 6.45) is 4.34. The lowest BCUT2D eigenvalue weighted by Gasteiger charge is -2.39. The topological polar surface area (TPSA) is 174 Å². The Labute approximate surface area is 226 Å². The fourth-order valence-corrected chi connectivity index (χ4v) is 4.23. The average Bonchev–Trinajstić information content (AvgIpc) is 2.89. The van der Waals surface area contributed by atoms with Crippen molar-refractivity contribution in [3.05, 3.63) is 59.7 Å². The number of carboxylic acids is 3. The van der Waals surface area contributed by atoms with Crippen molar-refractivity contribution in [3.63, 3.8) is 0 Å². The number of aliphatic carboxylic acids is 3. The number of para-hydroxylation sites is 2. The lowest BCUT2D eigenvalue weighted by molar-refractivity contribution is -0.170. The molecule has 0 spiro atoms. The van der Waals surface area contributed by atoms with Crippen LogP contribution in [-0.2, 0) is 26.5 Å². The summed E-state index contributed by atoms with van der Waals surface area (Å²) >= 11 is 0. The van der Waals surface area contributed by atoms with E-state index in [-0.39, 0.29) is 6.61 Å². The van der Waals surface area contributed by atoms with Crippen molar-refractivity contribution >= 4 is 17.9 Å².